The molecule has 0 unspecified atom stereocenters. The number of piperidine rings is 1. The molecule has 8 heteroatoms. The molecule has 0 radical (unpaired) electrons. The number of rotatable bonds is 5. The highest BCUT2D eigenvalue weighted by Gasteiger charge is 2.26. The van der Waals surface area contributed by atoms with Gasteiger partial charge in [0.15, 0.2) is 0 Å². The van der Waals surface area contributed by atoms with Gasteiger partial charge in [-0.25, -0.2) is 4.98 Å². The molecule has 176 valence electrons. The van der Waals surface area contributed by atoms with E-state index in [1.54, 1.807) is 28.0 Å². The molecular formula is C26H30N6O2. The van der Waals surface area contributed by atoms with Crippen LogP contribution in [0.25, 0.3) is 0 Å². The zero-order valence-electron chi connectivity index (χ0n) is 19.7. The lowest BCUT2D eigenvalue weighted by atomic mass is 9.99. The maximum atomic E-state index is 13.3. The quantitative estimate of drug-likeness (QED) is 0.631. The van der Waals surface area contributed by atoms with E-state index in [4.69, 9.17) is 4.98 Å². The van der Waals surface area contributed by atoms with Gasteiger partial charge >= 0.3 is 0 Å². The zero-order valence-corrected chi connectivity index (χ0v) is 19.7. The molecule has 0 atom stereocenters. The van der Waals surface area contributed by atoms with E-state index in [-0.39, 0.29) is 18.4 Å². The Morgan fingerprint density at radius 1 is 1.12 bits per heavy atom. The van der Waals surface area contributed by atoms with Crippen molar-refractivity contribution in [1.29, 1.82) is 0 Å². The van der Waals surface area contributed by atoms with Crippen molar-refractivity contribution in [2.45, 2.75) is 39.7 Å². The average molecular weight is 459 g/mol. The summed E-state index contributed by atoms with van der Waals surface area (Å²) >= 11 is 0. The summed E-state index contributed by atoms with van der Waals surface area (Å²) in [6, 6.07) is 11.3. The Hall–Kier alpha value is -3.68. The lowest BCUT2D eigenvalue weighted by Gasteiger charge is -2.32. The summed E-state index contributed by atoms with van der Waals surface area (Å²) in [6.07, 6.45) is 6.43. The number of nitrogens with zero attached hydrogens (tertiary/aromatic N) is 5. The van der Waals surface area contributed by atoms with Gasteiger partial charge in [-0.1, -0.05) is 6.92 Å². The van der Waals surface area contributed by atoms with Gasteiger partial charge in [0.2, 0.25) is 5.91 Å². The van der Waals surface area contributed by atoms with Crippen molar-refractivity contribution in [1.82, 2.24) is 14.8 Å². The fraction of sp³-hybridized carbons (Fsp3) is 0.385. The molecule has 0 aliphatic carbocycles. The third-order valence-corrected chi connectivity index (χ3v) is 6.73. The topological polar surface area (TPSA) is 83.4 Å². The molecule has 2 aromatic heterocycles. The molecule has 1 aromatic carbocycles. The molecule has 1 N–H and O–H groups in total. The highest BCUT2D eigenvalue weighted by molar-refractivity contribution is 6.08. The molecule has 2 aliphatic heterocycles. The summed E-state index contributed by atoms with van der Waals surface area (Å²) in [6.45, 7) is 6.90. The molecule has 2 aliphatic rings. The third kappa shape index (κ3) is 4.53. The Morgan fingerprint density at radius 3 is 2.71 bits per heavy atom. The first kappa shape index (κ1) is 22.1. The fourth-order valence-corrected chi connectivity index (χ4v) is 4.74. The molecule has 1 fully saturated rings. The smallest absolute Gasteiger partial charge is 0.259 e. The van der Waals surface area contributed by atoms with Crippen LogP contribution in [0.4, 0.5) is 17.2 Å². The molecule has 3 aromatic rings. The second-order valence-electron chi connectivity index (χ2n) is 9.29. The third-order valence-electron chi connectivity index (χ3n) is 6.73. The molecule has 1 saturated heterocycles. The van der Waals surface area contributed by atoms with Crippen molar-refractivity contribution in [2.24, 2.45) is 5.92 Å². The number of aromatic nitrogens is 3. The summed E-state index contributed by atoms with van der Waals surface area (Å²) in [5.41, 5.74) is 4.18. The summed E-state index contributed by atoms with van der Waals surface area (Å²) < 4.78 is 1.63. The number of hydrogen-bond donors (Lipinski definition) is 1. The van der Waals surface area contributed by atoms with Gasteiger partial charge in [0, 0.05) is 49.1 Å². The number of carbonyl (C=O) groups is 2. The van der Waals surface area contributed by atoms with Crippen molar-refractivity contribution in [3.05, 3.63) is 65.6 Å². The summed E-state index contributed by atoms with van der Waals surface area (Å²) in [7, 11) is 0. The lowest BCUT2D eigenvalue weighted by Crippen LogP contribution is -2.35. The first-order valence-corrected chi connectivity index (χ1v) is 11.9. The first-order chi connectivity index (χ1) is 16.5. The maximum absolute atomic E-state index is 13.3. The SMILES string of the molecule is Cc1ccc(C(=O)Nc2ccc3c(c2)CCN3C(=O)Cn2cccn2)c(N2CCC(C)CC2)n1. The van der Waals surface area contributed by atoms with Crippen LogP contribution in [0.15, 0.2) is 48.8 Å². The molecule has 0 spiro atoms. The molecule has 0 saturated carbocycles. The Morgan fingerprint density at radius 2 is 1.94 bits per heavy atom. The number of hydrogen-bond acceptors (Lipinski definition) is 5. The molecule has 4 heterocycles. The van der Waals surface area contributed by atoms with Gasteiger partial charge in [0.05, 0.1) is 5.56 Å². The number of fused-ring (bicyclic) bond motifs is 1. The highest BCUT2D eigenvalue weighted by atomic mass is 16.2. The standard InChI is InChI=1S/C26H30N6O2/c1-18-8-13-30(14-9-18)25-22(6-4-19(2)28-25)26(34)29-21-5-7-23-20(16-21)10-15-32(23)24(33)17-31-12-3-11-27-31/h3-7,11-12,16,18H,8-10,13-15,17H2,1-2H3,(H,29,34). The summed E-state index contributed by atoms with van der Waals surface area (Å²) in [5.74, 6) is 1.31. The van der Waals surface area contributed by atoms with Crippen LogP contribution in [0.3, 0.4) is 0 Å². The van der Waals surface area contributed by atoms with Gasteiger partial charge < -0.3 is 15.1 Å². The van der Waals surface area contributed by atoms with Crippen LogP contribution in [0.5, 0.6) is 0 Å². The van der Waals surface area contributed by atoms with Gasteiger partial charge in [-0.15, -0.1) is 0 Å². The van der Waals surface area contributed by atoms with Gasteiger partial charge in [0.25, 0.3) is 5.91 Å². The van der Waals surface area contributed by atoms with Crippen LogP contribution in [0.1, 0.15) is 41.4 Å². The van der Waals surface area contributed by atoms with Crippen LogP contribution in [-0.2, 0) is 17.8 Å². The zero-order chi connectivity index (χ0) is 23.7. The fourth-order valence-electron chi connectivity index (χ4n) is 4.74. The second kappa shape index (κ2) is 9.29. The second-order valence-corrected chi connectivity index (χ2v) is 9.29. The normalized spacial score (nSPS) is 15.9. The molecule has 8 nitrogen and oxygen atoms in total. The predicted octanol–water partition coefficient (Wildman–Crippen LogP) is 3.66. The number of nitrogens with one attached hydrogen (secondary N) is 1. The molecule has 5 rings (SSSR count). The van der Waals surface area contributed by atoms with E-state index in [2.05, 4.69) is 22.2 Å². The van der Waals surface area contributed by atoms with Crippen molar-refractivity contribution >= 4 is 29.0 Å². The van der Waals surface area contributed by atoms with Gasteiger partial charge in [0.1, 0.15) is 12.4 Å². The van der Waals surface area contributed by atoms with Crippen molar-refractivity contribution < 1.29 is 9.59 Å². The Kier molecular flexibility index (Phi) is 6.04. The Balaban J connectivity index is 1.31. The Labute approximate surface area is 199 Å². The minimum Gasteiger partial charge on any atom is -0.356 e. The minimum absolute atomic E-state index is 0.00505. The van der Waals surface area contributed by atoms with Crippen molar-refractivity contribution in [2.75, 3.05) is 34.8 Å². The predicted molar refractivity (Wildman–Crippen MR) is 132 cm³/mol. The van der Waals surface area contributed by atoms with Gasteiger partial charge in [-0.3, -0.25) is 14.3 Å². The van der Waals surface area contributed by atoms with Crippen molar-refractivity contribution in [3.8, 4) is 0 Å². The van der Waals surface area contributed by atoms with E-state index in [1.165, 1.54) is 0 Å². The van der Waals surface area contributed by atoms with Crippen molar-refractivity contribution in [3.63, 3.8) is 0 Å². The van der Waals surface area contributed by atoms with E-state index in [0.29, 0.717) is 18.0 Å². The lowest BCUT2D eigenvalue weighted by molar-refractivity contribution is -0.119. The van der Waals surface area contributed by atoms with E-state index in [9.17, 15) is 9.59 Å². The van der Waals surface area contributed by atoms with Crippen LogP contribution in [0, 0.1) is 12.8 Å². The van der Waals surface area contributed by atoms with Gasteiger partial charge in [-0.2, -0.15) is 5.10 Å². The largest absolute Gasteiger partial charge is 0.356 e. The number of pyridine rings is 1. The van der Waals surface area contributed by atoms with Crippen LogP contribution in [0.2, 0.25) is 0 Å². The summed E-state index contributed by atoms with van der Waals surface area (Å²) in [5, 5.41) is 7.18. The van der Waals surface area contributed by atoms with E-state index in [0.717, 1.165) is 60.8 Å². The van der Waals surface area contributed by atoms with E-state index >= 15 is 0 Å². The molecular weight excluding hydrogens is 428 g/mol. The number of amides is 2. The average Bonchev–Trinajstić information content (AvgIpc) is 3.49. The number of anilines is 3. The van der Waals surface area contributed by atoms with E-state index < -0.39 is 0 Å². The number of aryl methyl sites for hydroxylation is 1. The van der Waals surface area contributed by atoms with E-state index in [1.807, 2.05) is 37.3 Å². The monoisotopic (exact) mass is 458 g/mol. The van der Waals surface area contributed by atoms with Gasteiger partial charge in [-0.05, 0) is 74.1 Å². The first-order valence-electron chi connectivity index (χ1n) is 11.9. The van der Waals surface area contributed by atoms with Crippen LogP contribution in [-0.4, -0.2) is 46.2 Å². The number of carbonyl (C=O) groups excluding carboxylic acids is 2. The molecule has 34 heavy (non-hydrogen) atoms. The molecule has 0 bridgehead atoms. The van der Waals surface area contributed by atoms with Crippen LogP contribution < -0.4 is 15.1 Å². The van der Waals surface area contributed by atoms with Crippen LogP contribution >= 0.6 is 0 Å². The molecule has 2 amide bonds. The summed E-state index contributed by atoms with van der Waals surface area (Å²) in [4.78, 5) is 34.7. The Bertz CT molecular complexity index is 1200. The maximum Gasteiger partial charge on any atom is 0.259 e. The highest BCUT2D eigenvalue weighted by Crippen LogP contribution is 2.31. The minimum atomic E-state index is -0.161. The number of benzene rings is 1.